The van der Waals surface area contributed by atoms with Crippen LogP contribution in [0.15, 0.2) is 72.8 Å². The average molecular weight is 427 g/mol. The summed E-state index contributed by atoms with van der Waals surface area (Å²) in [4.78, 5) is 35.2. The van der Waals surface area contributed by atoms with Crippen LogP contribution in [-0.4, -0.2) is 31.4 Å². The molecule has 3 aromatic rings. The van der Waals surface area contributed by atoms with Crippen LogP contribution in [0.3, 0.4) is 0 Å². The largest absolute Gasteiger partial charge is 0.484 e. The molecule has 6 nitrogen and oxygen atoms in total. The lowest BCUT2D eigenvalue weighted by molar-refractivity contribution is -0.118. The monoisotopic (exact) mass is 427 g/mol. The topological polar surface area (TPSA) is 81.7 Å². The molecule has 3 rings (SSSR count). The molecule has 1 amide bonds. The first-order chi connectivity index (χ1) is 15.4. The first-order valence-electron chi connectivity index (χ1n) is 9.79. The summed E-state index contributed by atoms with van der Waals surface area (Å²) in [6.07, 6.45) is 0. The van der Waals surface area contributed by atoms with Crippen LogP contribution in [0.1, 0.15) is 38.8 Å². The van der Waals surface area contributed by atoms with Crippen LogP contribution in [0.2, 0.25) is 0 Å². The number of hydrogen-bond donors (Lipinski definition) is 1. The number of nitrogens with one attached hydrogen (secondary N) is 1. The second-order valence-corrected chi connectivity index (χ2v) is 6.82. The summed E-state index contributed by atoms with van der Waals surface area (Å²) in [6.45, 7) is 1.32. The van der Waals surface area contributed by atoms with Crippen molar-refractivity contribution in [2.24, 2.45) is 0 Å². The van der Waals surface area contributed by atoms with Crippen LogP contribution in [0.25, 0.3) is 0 Å². The van der Waals surface area contributed by atoms with E-state index in [-0.39, 0.29) is 18.3 Å². The number of Topliss-reactive ketones (excluding diaryl/α,β-unsaturated/α-hetero) is 1. The number of hydrogen-bond acceptors (Lipinski definition) is 5. The molecule has 0 atom stereocenters. The Kier molecular flexibility index (Phi) is 7.39. The Morgan fingerprint density at radius 2 is 1.50 bits per heavy atom. The van der Waals surface area contributed by atoms with Gasteiger partial charge in [0, 0.05) is 22.4 Å². The zero-order valence-corrected chi connectivity index (χ0v) is 17.7. The molecule has 1 N–H and O–H groups in total. The van der Waals surface area contributed by atoms with E-state index in [1.165, 1.54) is 14.0 Å². The molecule has 0 spiro atoms. The predicted molar refractivity (Wildman–Crippen MR) is 121 cm³/mol. The van der Waals surface area contributed by atoms with E-state index in [0.717, 1.165) is 0 Å². The second-order valence-electron chi connectivity index (χ2n) is 6.82. The molecule has 3 aromatic carbocycles. The van der Waals surface area contributed by atoms with Crippen molar-refractivity contribution in [3.8, 4) is 17.6 Å². The number of carbonyl (C=O) groups is 3. The third-order valence-corrected chi connectivity index (χ3v) is 4.41. The van der Waals surface area contributed by atoms with E-state index in [1.807, 2.05) is 6.07 Å². The van der Waals surface area contributed by atoms with Gasteiger partial charge in [0.05, 0.1) is 12.7 Å². The Balaban J connectivity index is 1.60. The smallest absolute Gasteiger partial charge is 0.337 e. The summed E-state index contributed by atoms with van der Waals surface area (Å²) in [5, 5.41) is 2.76. The molecular formula is C26H21NO5. The van der Waals surface area contributed by atoms with Crippen molar-refractivity contribution < 1.29 is 23.9 Å². The lowest BCUT2D eigenvalue weighted by atomic mass is 10.1. The van der Waals surface area contributed by atoms with Crippen LogP contribution < -0.4 is 10.1 Å². The molecule has 6 heteroatoms. The standard InChI is InChI=1S/C26H21NO5/c1-18(28)21-11-13-24(14-12-21)32-17-25(29)27-23-8-4-6-20(16-23)10-9-19-5-3-7-22(15-19)26(30)31-2/h3-8,11-16H,17H2,1-2H3,(H,27,29). The second kappa shape index (κ2) is 10.6. The number of amides is 1. The highest BCUT2D eigenvalue weighted by Crippen LogP contribution is 2.14. The average Bonchev–Trinajstić information content (AvgIpc) is 2.81. The van der Waals surface area contributed by atoms with E-state index in [1.54, 1.807) is 66.7 Å². The summed E-state index contributed by atoms with van der Waals surface area (Å²) in [5.41, 5.74) is 2.96. The van der Waals surface area contributed by atoms with Gasteiger partial charge in [0.25, 0.3) is 5.91 Å². The molecule has 32 heavy (non-hydrogen) atoms. The quantitative estimate of drug-likeness (QED) is 0.364. The lowest BCUT2D eigenvalue weighted by Gasteiger charge is -2.08. The van der Waals surface area contributed by atoms with E-state index in [4.69, 9.17) is 9.47 Å². The first-order valence-corrected chi connectivity index (χ1v) is 9.79. The fraction of sp³-hybridized carbons (Fsp3) is 0.115. The van der Waals surface area contributed by atoms with Crippen LogP contribution in [-0.2, 0) is 9.53 Å². The highest BCUT2D eigenvalue weighted by molar-refractivity contribution is 5.94. The SMILES string of the molecule is COC(=O)c1cccc(C#Cc2cccc(NC(=O)COc3ccc(C(C)=O)cc3)c2)c1. The van der Waals surface area contributed by atoms with Gasteiger partial charge >= 0.3 is 5.97 Å². The molecule has 0 saturated heterocycles. The van der Waals surface area contributed by atoms with Gasteiger partial charge in [-0.15, -0.1) is 0 Å². The molecule has 0 fully saturated rings. The van der Waals surface area contributed by atoms with E-state index < -0.39 is 5.97 Å². The Morgan fingerprint density at radius 1 is 0.844 bits per heavy atom. The number of rotatable bonds is 6. The van der Waals surface area contributed by atoms with Crippen LogP contribution in [0.4, 0.5) is 5.69 Å². The van der Waals surface area contributed by atoms with Crippen molar-refractivity contribution in [2.75, 3.05) is 19.0 Å². The van der Waals surface area contributed by atoms with Crippen molar-refractivity contribution in [1.82, 2.24) is 0 Å². The van der Waals surface area contributed by atoms with Crippen molar-refractivity contribution in [2.45, 2.75) is 6.92 Å². The highest BCUT2D eigenvalue weighted by Gasteiger charge is 2.06. The van der Waals surface area contributed by atoms with Gasteiger partial charge in [0.2, 0.25) is 0 Å². The summed E-state index contributed by atoms with van der Waals surface area (Å²) >= 11 is 0. The lowest BCUT2D eigenvalue weighted by Crippen LogP contribution is -2.20. The molecule has 0 bridgehead atoms. The van der Waals surface area contributed by atoms with E-state index in [2.05, 4.69) is 17.2 Å². The summed E-state index contributed by atoms with van der Waals surface area (Å²) in [5.74, 6) is 5.74. The third kappa shape index (κ3) is 6.31. The minimum Gasteiger partial charge on any atom is -0.484 e. The number of ether oxygens (including phenoxy) is 2. The molecule has 0 heterocycles. The van der Waals surface area contributed by atoms with E-state index in [0.29, 0.717) is 33.7 Å². The number of carbonyl (C=O) groups excluding carboxylic acids is 3. The summed E-state index contributed by atoms with van der Waals surface area (Å²) < 4.78 is 10.2. The molecule has 0 unspecified atom stereocenters. The zero-order valence-electron chi connectivity index (χ0n) is 17.7. The number of anilines is 1. The van der Waals surface area contributed by atoms with Gasteiger partial charge in [0.1, 0.15) is 5.75 Å². The molecule has 0 aromatic heterocycles. The fourth-order valence-electron chi connectivity index (χ4n) is 2.79. The Bertz CT molecular complexity index is 1200. The minimum atomic E-state index is -0.421. The first kappa shape index (κ1) is 22.3. The predicted octanol–water partition coefficient (Wildman–Crippen LogP) is 4.09. The molecule has 0 aliphatic heterocycles. The third-order valence-electron chi connectivity index (χ3n) is 4.41. The van der Waals surface area contributed by atoms with Crippen molar-refractivity contribution in [1.29, 1.82) is 0 Å². The zero-order chi connectivity index (χ0) is 22.9. The highest BCUT2D eigenvalue weighted by atomic mass is 16.5. The summed E-state index contributed by atoms with van der Waals surface area (Å²) in [7, 11) is 1.33. The molecular weight excluding hydrogens is 406 g/mol. The molecule has 160 valence electrons. The number of esters is 1. The van der Waals surface area contributed by atoms with E-state index >= 15 is 0 Å². The Hall–Kier alpha value is -4.37. The fourth-order valence-corrected chi connectivity index (χ4v) is 2.79. The Labute approximate surface area is 186 Å². The molecule has 0 aliphatic rings. The van der Waals surface area contributed by atoms with Gasteiger partial charge in [-0.3, -0.25) is 9.59 Å². The van der Waals surface area contributed by atoms with Crippen molar-refractivity contribution >= 4 is 23.3 Å². The number of benzene rings is 3. The van der Waals surface area contributed by atoms with E-state index in [9.17, 15) is 14.4 Å². The molecule has 0 aliphatic carbocycles. The Morgan fingerprint density at radius 3 is 2.16 bits per heavy atom. The van der Waals surface area contributed by atoms with Gasteiger partial charge in [-0.05, 0) is 67.6 Å². The van der Waals surface area contributed by atoms with Gasteiger partial charge in [-0.1, -0.05) is 24.0 Å². The summed E-state index contributed by atoms with van der Waals surface area (Å²) in [6, 6.07) is 20.6. The van der Waals surface area contributed by atoms with Gasteiger partial charge in [-0.25, -0.2) is 4.79 Å². The van der Waals surface area contributed by atoms with Crippen molar-refractivity contribution in [3.63, 3.8) is 0 Å². The minimum absolute atomic E-state index is 0.0338. The van der Waals surface area contributed by atoms with Crippen LogP contribution in [0.5, 0.6) is 5.75 Å². The maximum Gasteiger partial charge on any atom is 0.337 e. The van der Waals surface area contributed by atoms with Crippen molar-refractivity contribution in [3.05, 3.63) is 95.1 Å². The van der Waals surface area contributed by atoms with Crippen LogP contribution >= 0.6 is 0 Å². The molecule has 0 radical (unpaired) electrons. The van der Waals surface area contributed by atoms with Gasteiger partial charge in [-0.2, -0.15) is 0 Å². The molecule has 0 saturated carbocycles. The normalized spacial score (nSPS) is 9.81. The number of ketones is 1. The maximum absolute atomic E-state index is 12.2. The van der Waals surface area contributed by atoms with Crippen LogP contribution in [0, 0.1) is 11.8 Å². The maximum atomic E-state index is 12.2. The van der Waals surface area contributed by atoms with Gasteiger partial charge in [0.15, 0.2) is 12.4 Å². The number of methoxy groups -OCH3 is 1. The van der Waals surface area contributed by atoms with Gasteiger partial charge < -0.3 is 14.8 Å².